The molecule has 1 rings (SSSR count). The average Bonchev–Trinajstić information content (AvgIpc) is 2.16. The minimum Gasteiger partial charge on any atom is -0.467 e. The number of ketones is 1. The van der Waals surface area contributed by atoms with E-state index in [0.29, 0.717) is 0 Å². The van der Waals surface area contributed by atoms with Gasteiger partial charge in [-0.2, -0.15) is 4.98 Å². The van der Waals surface area contributed by atoms with Gasteiger partial charge in [-0.05, 0) is 6.07 Å². The van der Waals surface area contributed by atoms with Gasteiger partial charge in [0.15, 0.2) is 0 Å². The summed E-state index contributed by atoms with van der Waals surface area (Å²) in [6.07, 6.45) is -1.87. The Bertz CT molecular complexity index is 317. The molecule has 0 N–H and O–H groups in total. The molecule has 0 saturated heterocycles. The quantitative estimate of drug-likeness (QED) is 0.662. The molecule has 13 heavy (non-hydrogen) atoms. The zero-order valence-corrected chi connectivity index (χ0v) is 6.70. The van der Waals surface area contributed by atoms with Crippen molar-refractivity contribution in [1.82, 2.24) is 9.97 Å². The van der Waals surface area contributed by atoms with Crippen LogP contribution in [-0.4, -0.2) is 29.3 Å². The number of hydrogen-bond acceptors (Lipinski definition) is 4. The van der Waals surface area contributed by atoms with E-state index in [2.05, 4.69) is 14.7 Å². The second kappa shape index (κ2) is 3.88. The van der Waals surface area contributed by atoms with E-state index in [0.717, 1.165) is 6.07 Å². The van der Waals surface area contributed by atoms with Gasteiger partial charge in [-0.15, -0.1) is 0 Å². The monoisotopic (exact) mass is 188 g/mol. The zero-order valence-electron chi connectivity index (χ0n) is 6.70. The summed E-state index contributed by atoms with van der Waals surface area (Å²) >= 11 is 0. The van der Waals surface area contributed by atoms with Crippen LogP contribution < -0.4 is 4.74 Å². The number of aromatic nitrogens is 2. The molecule has 0 saturated carbocycles. The van der Waals surface area contributed by atoms with Crippen molar-refractivity contribution in [3.8, 4) is 6.01 Å². The van der Waals surface area contributed by atoms with Crippen LogP contribution in [0, 0.1) is 0 Å². The second-order valence-electron chi connectivity index (χ2n) is 2.09. The third kappa shape index (κ3) is 2.17. The van der Waals surface area contributed by atoms with E-state index in [4.69, 9.17) is 0 Å². The molecule has 0 aliphatic heterocycles. The van der Waals surface area contributed by atoms with E-state index in [1.807, 2.05) is 0 Å². The summed E-state index contributed by atoms with van der Waals surface area (Å²) in [4.78, 5) is 17.7. The van der Waals surface area contributed by atoms with Crippen molar-refractivity contribution in [3.05, 3.63) is 18.0 Å². The smallest absolute Gasteiger partial charge is 0.316 e. The lowest BCUT2D eigenvalue weighted by Crippen LogP contribution is -2.12. The lowest BCUT2D eigenvalue weighted by atomic mass is 10.3. The first kappa shape index (κ1) is 9.50. The average molecular weight is 188 g/mol. The molecule has 0 bridgehead atoms. The van der Waals surface area contributed by atoms with Crippen molar-refractivity contribution < 1.29 is 18.3 Å². The fourth-order valence-corrected chi connectivity index (χ4v) is 0.688. The normalized spacial score (nSPS) is 10.2. The molecule has 0 aliphatic carbocycles. The molecule has 0 fully saturated rings. The van der Waals surface area contributed by atoms with E-state index in [1.165, 1.54) is 13.3 Å². The summed E-state index contributed by atoms with van der Waals surface area (Å²) in [5.74, 6) is -1.33. The highest BCUT2D eigenvalue weighted by atomic mass is 19.3. The molecular weight excluding hydrogens is 182 g/mol. The van der Waals surface area contributed by atoms with Crippen LogP contribution in [0.15, 0.2) is 12.3 Å². The Balaban J connectivity index is 2.95. The summed E-state index contributed by atoms with van der Waals surface area (Å²) in [7, 11) is 1.28. The van der Waals surface area contributed by atoms with Crippen molar-refractivity contribution in [2.24, 2.45) is 0 Å². The van der Waals surface area contributed by atoms with Crippen molar-refractivity contribution in [2.75, 3.05) is 7.11 Å². The largest absolute Gasteiger partial charge is 0.467 e. The Morgan fingerprint density at radius 3 is 2.85 bits per heavy atom. The predicted molar refractivity (Wildman–Crippen MR) is 38.9 cm³/mol. The maximum absolute atomic E-state index is 11.9. The summed E-state index contributed by atoms with van der Waals surface area (Å²) in [6, 6.07) is 1.00. The predicted octanol–water partition coefficient (Wildman–Crippen LogP) is 0.933. The van der Waals surface area contributed by atoms with Crippen LogP contribution in [0.25, 0.3) is 0 Å². The van der Waals surface area contributed by atoms with E-state index in [9.17, 15) is 13.6 Å². The van der Waals surface area contributed by atoms with Gasteiger partial charge >= 0.3 is 12.4 Å². The molecule has 0 unspecified atom stereocenters. The lowest BCUT2D eigenvalue weighted by Gasteiger charge is -1.99. The first-order valence-electron chi connectivity index (χ1n) is 3.34. The van der Waals surface area contributed by atoms with E-state index < -0.39 is 12.2 Å². The Labute approximate surface area is 72.6 Å². The standard InChI is InChI=1S/C7H6F2N2O2/c1-13-7-10-3-2-4(11-7)5(12)6(8)9/h2-3,6H,1H3. The van der Waals surface area contributed by atoms with E-state index >= 15 is 0 Å². The van der Waals surface area contributed by atoms with Crippen LogP contribution >= 0.6 is 0 Å². The molecule has 1 aromatic rings. The van der Waals surface area contributed by atoms with Crippen LogP contribution in [0.3, 0.4) is 0 Å². The number of Topliss-reactive ketones (excluding diaryl/α,β-unsaturated/α-hetero) is 1. The molecule has 1 heterocycles. The fourth-order valence-electron chi connectivity index (χ4n) is 0.688. The van der Waals surface area contributed by atoms with E-state index in [1.54, 1.807) is 0 Å². The molecular formula is C7H6F2N2O2. The van der Waals surface area contributed by atoms with Crippen molar-refractivity contribution in [2.45, 2.75) is 6.43 Å². The number of ether oxygens (including phenoxy) is 1. The number of rotatable bonds is 3. The SMILES string of the molecule is COc1nccc(C(=O)C(F)F)n1. The van der Waals surface area contributed by atoms with Gasteiger partial charge in [0.25, 0.3) is 0 Å². The van der Waals surface area contributed by atoms with Crippen molar-refractivity contribution in [1.29, 1.82) is 0 Å². The van der Waals surface area contributed by atoms with Crippen LogP contribution in [-0.2, 0) is 0 Å². The third-order valence-corrected chi connectivity index (χ3v) is 1.27. The van der Waals surface area contributed by atoms with Crippen LogP contribution in [0.1, 0.15) is 10.5 Å². The summed E-state index contributed by atoms with van der Waals surface area (Å²) in [6.45, 7) is 0. The molecule has 4 nitrogen and oxygen atoms in total. The number of hydrogen-bond donors (Lipinski definition) is 0. The van der Waals surface area contributed by atoms with Crippen LogP contribution in [0.5, 0.6) is 6.01 Å². The van der Waals surface area contributed by atoms with Gasteiger partial charge in [0.05, 0.1) is 7.11 Å². The number of carbonyl (C=O) groups is 1. The van der Waals surface area contributed by atoms with Gasteiger partial charge in [-0.25, -0.2) is 13.8 Å². The minimum atomic E-state index is -3.06. The third-order valence-electron chi connectivity index (χ3n) is 1.27. The number of methoxy groups -OCH3 is 1. The first-order valence-corrected chi connectivity index (χ1v) is 3.34. The molecule has 0 amide bonds. The molecule has 0 radical (unpaired) electrons. The van der Waals surface area contributed by atoms with Gasteiger partial charge in [-0.3, -0.25) is 4.79 Å². The van der Waals surface area contributed by atoms with Crippen LogP contribution in [0.2, 0.25) is 0 Å². The molecule has 6 heteroatoms. The van der Waals surface area contributed by atoms with Gasteiger partial charge in [-0.1, -0.05) is 0 Å². The van der Waals surface area contributed by atoms with E-state index in [-0.39, 0.29) is 11.7 Å². The Morgan fingerprint density at radius 2 is 2.31 bits per heavy atom. The summed E-state index contributed by atoms with van der Waals surface area (Å²) in [5, 5.41) is 0. The minimum absolute atomic E-state index is 0.105. The number of halogens is 2. The highest BCUT2D eigenvalue weighted by Crippen LogP contribution is 2.07. The van der Waals surface area contributed by atoms with Crippen molar-refractivity contribution in [3.63, 3.8) is 0 Å². The zero-order chi connectivity index (χ0) is 9.84. The first-order chi connectivity index (χ1) is 6.15. The topological polar surface area (TPSA) is 52.1 Å². The molecule has 70 valence electrons. The summed E-state index contributed by atoms with van der Waals surface area (Å²) < 4.78 is 28.4. The highest BCUT2D eigenvalue weighted by Gasteiger charge is 2.19. The Hall–Kier alpha value is -1.59. The molecule has 0 aromatic carbocycles. The molecule has 0 atom stereocenters. The fraction of sp³-hybridized carbons (Fsp3) is 0.286. The lowest BCUT2D eigenvalue weighted by molar-refractivity contribution is 0.0672. The van der Waals surface area contributed by atoms with Crippen LogP contribution in [0.4, 0.5) is 8.78 Å². The van der Waals surface area contributed by atoms with Gasteiger partial charge in [0.1, 0.15) is 5.69 Å². The maximum atomic E-state index is 11.9. The molecule has 1 aromatic heterocycles. The highest BCUT2D eigenvalue weighted by molar-refractivity contribution is 5.96. The Morgan fingerprint density at radius 1 is 1.62 bits per heavy atom. The second-order valence-corrected chi connectivity index (χ2v) is 2.09. The molecule has 0 aliphatic rings. The van der Waals surface area contributed by atoms with Gasteiger partial charge < -0.3 is 4.74 Å². The van der Waals surface area contributed by atoms with Gasteiger partial charge in [0.2, 0.25) is 5.78 Å². The number of nitrogens with zero attached hydrogens (tertiary/aromatic N) is 2. The molecule has 0 spiro atoms. The van der Waals surface area contributed by atoms with Crippen molar-refractivity contribution >= 4 is 5.78 Å². The Kier molecular flexibility index (Phi) is 2.84. The van der Waals surface area contributed by atoms with Gasteiger partial charge in [0, 0.05) is 6.20 Å². The number of carbonyl (C=O) groups excluding carboxylic acids is 1. The summed E-state index contributed by atoms with van der Waals surface area (Å²) in [5.41, 5.74) is -0.346. The maximum Gasteiger partial charge on any atom is 0.316 e. The number of alkyl halides is 2.